The summed E-state index contributed by atoms with van der Waals surface area (Å²) in [6, 6.07) is 0. The van der Waals surface area contributed by atoms with Crippen LogP contribution in [-0.4, -0.2) is 53.0 Å². The maximum Gasteiger partial charge on any atom is 0.330 e. The van der Waals surface area contributed by atoms with Crippen molar-refractivity contribution in [3.8, 4) is 0 Å². The van der Waals surface area contributed by atoms with Crippen LogP contribution in [0.5, 0.6) is 0 Å². The summed E-state index contributed by atoms with van der Waals surface area (Å²) in [7, 11) is -7.77. The lowest BCUT2D eigenvalue weighted by Crippen LogP contribution is -2.61. The van der Waals surface area contributed by atoms with Crippen molar-refractivity contribution in [2.75, 3.05) is 19.3 Å². The average Bonchev–Trinajstić information content (AvgIpc) is 2.08. The van der Waals surface area contributed by atoms with E-state index in [2.05, 4.69) is 64.2 Å². The van der Waals surface area contributed by atoms with Crippen LogP contribution in [0.2, 0.25) is 58.9 Å². The van der Waals surface area contributed by atoms with Crippen molar-refractivity contribution in [1.82, 2.24) is 5.32 Å². The zero-order valence-corrected chi connectivity index (χ0v) is 19.4. The molecule has 21 heavy (non-hydrogen) atoms. The second-order valence-electron chi connectivity index (χ2n) is 8.03. The van der Waals surface area contributed by atoms with Crippen molar-refractivity contribution >= 4 is 33.8 Å². The summed E-state index contributed by atoms with van der Waals surface area (Å²) < 4.78 is 19.3. The second kappa shape index (κ2) is 7.97. The van der Waals surface area contributed by atoms with Crippen molar-refractivity contribution in [3.63, 3.8) is 0 Å². The summed E-state index contributed by atoms with van der Waals surface area (Å²) in [6.07, 6.45) is 0.764. The molecule has 0 aliphatic heterocycles. The van der Waals surface area contributed by atoms with Gasteiger partial charge in [0.05, 0.1) is 0 Å². The lowest BCUT2D eigenvalue weighted by atomic mass is 10.7. The average molecular weight is 369 g/mol. The van der Waals surface area contributed by atoms with Crippen molar-refractivity contribution in [1.29, 1.82) is 0 Å². The zero-order chi connectivity index (χ0) is 16.9. The molecule has 0 spiro atoms. The van der Waals surface area contributed by atoms with E-state index in [0.717, 1.165) is 12.7 Å². The highest BCUT2D eigenvalue weighted by Crippen LogP contribution is 2.23. The van der Waals surface area contributed by atoms with Crippen LogP contribution >= 0.6 is 0 Å². The molecule has 0 bridgehead atoms. The summed E-state index contributed by atoms with van der Waals surface area (Å²) >= 11 is 0. The Labute approximate surface area is 135 Å². The van der Waals surface area contributed by atoms with E-state index < -0.39 is 33.8 Å². The Morgan fingerprint density at radius 3 is 1.62 bits per heavy atom. The van der Waals surface area contributed by atoms with E-state index in [1.807, 2.05) is 0 Å². The molecule has 0 heterocycles. The summed E-state index contributed by atoms with van der Waals surface area (Å²) in [5.74, 6) is 0. The molecule has 0 aromatic rings. The molecule has 0 fully saturated rings. The Bertz CT molecular complexity index is 319. The lowest BCUT2D eigenvalue weighted by molar-refractivity contribution is 0.321. The van der Waals surface area contributed by atoms with E-state index in [1.54, 1.807) is 0 Å². The minimum absolute atomic E-state index is 0.629. The standard InChI is InChI=1S/C12H36N2O3Si4/c1-18(2,3)15-20(7,8)17-21(9,12-14-11-10-13)16-19(4,5)6/h14H,10-13H2,1-9H3. The molecule has 5 nitrogen and oxygen atoms in total. The van der Waals surface area contributed by atoms with Crippen LogP contribution in [0, 0.1) is 0 Å². The molecule has 9 heteroatoms. The molecular weight excluding hydrogens is 332 g/mol. The Balaban J connectivity index is 4.95. The van der Waals surface area contributed by atoms with E-state index in [0.29, 0.717) is 6.54 Å². The summed E-state index contributed by atoms with van der Waals surface area (Å²) in [5.41, 5.74) is 5.57. The quantitative estimate of drug-likeness (QED) is 0.458. The third kappa shape index (κ3) is 11.8. The topological polar surface area (TPSA) is 65.7 Å². The molecule has 0 amide bonds. The molecule has 1 atom stereocenters. The molecule has 0 aliphatic carbocycles. The molecule has 0 saturated carbocycles. The predicted octanol–water partition coefficient (Wildman–Crippen LogP) is 2.57. The van der Waals surface area contributed by atoms with Crippen molar-refractivity contribution in [2.24, 2.45) is 5.73 Å². The van der Waals surface area contributed by atoms with E-state index >= 15 is 0 Å². The van der Waals surface area contributed by atoms with E-state index in [-0.39, 0.29) is 0 Å². The minimum Gasteiger partial charge on any atom is -0.437 e. The van der Waals surface area contributed by atoms with Gasteiger partial charge in [0.2, 0.25) is 0 Å². The molecule has 128 valence electrons. The molecule has 3 N–H and O–H groups in total. The van der Waals surface area contributed by atoms with Crippen LogP contribution in [-0.2, 0) is 12.3 Å². The molecule has 0 radical (unpaired) electrons. The zero-order valence-electron chi connectivity index (χ0n) is 15.4. The fourth-order valence-electron chi connectivity index (χ4n) is 2.44. The molecule has 0 aliphatic rings. The fraction of sp³-hybridized carbons (Fsp3) is 1.00. The van der Waals surface area contributed by atoms with E-state index in [1.165, 1.54) is 0 Å². The maximum absolute atomic E-state index is 6.52. The summed E-state index contributed by atoms with van der Waals surface area (Å²) in [4.78, 5) is 0. The van der Waals surface area contributed by atoms with Crippen LogP contribution in [0.1, 0.15) is 0 Å². The summed E-state index contributed by atoms with van der Waals surface area (Å²) in [6.45, 7) is 21.1. The fourth-order valence-corrected chi connectivity index (χ4v) is 20.0. The van der Waals surface area contributed by atoms with Crippen LogP contribution in [0.25, 0.3) is 0 Å². The van der Waals surface area contributed by atoms with Gasteiger partial charge in [-0.15, -0.1) is 0 Å². The Kier molecular flexibility index (Phi) is 8.23. The van der Waals surface area contributed by atoms with Crippen molar-refractivity contribution < 1.29 is 12.3 Å². The number of nitrogens with one attached hydrogen (secondary N) is 1. The SMILES string of the molecule is C[Si](C)(C)O[Si](C)(C)O[Si](C)(CNCCN)O[Si](C)(C)C. The molecule has 0 rings (SSSR count). The van der Waals surface area contributed by atoms with E-state index in [9.17, 15) is 0 Å². The van der Waals surface area contributed by atoms with Gasteiger partial charge in [0.1, 0.15) is 0 Å². The van der Waals surface area contributed by atoms with Crippen LogP contribution in [0.4, 0.5) is 0 Å². The van der Waals surface area contributed by atoms with Gasteiger partial charge in [-0.05, 0) is 58.9 Å². The first-order valence-corrected chi connectivity index (χ1v) is 19.9. The molecule has 0 aromatic carbocycles. The monoisotopic (exact) mass is 368 g/mol. The van der Waals surface area contributed by atoms with Crippen LogP contribution in [0.3, 0.4) is 0 Å². The maximum atomic E-state index is 6.52. The smallest absolute Gasteiger partial charge is 0.330 e. The van der Waals surface area contributed by atoms with Crippen molar-refractivity contribution in [3.05, 3.63) is 0 Å². The molecule has 0 aromatic heterocycles. The van der Waals surface area contributed by atoms with Gasteiger partial charge < -0.3 is 23.4 Å². The van der Waals surface area contributed by atoms with Gasteiger partial charge in [-0.1, -0.05) is 0 Å². The first-order valence-electron chi connectivity index (χ1n) is 7.69. The first-order chi connectivity index (χ1) is 9.18. The summed E-state index contributed by atoms with van der Waals surface area (Å²) in [5, 5.41) is 3.37. The second-order valence-corrected chi connectivity index (χ2v) is 24.3. The normalized spacial score (nSPS) is 16.9. The number of rotatable bonds is 10. The third-order valence-corrected chi connectivity index (χ3v) is 15.5. The highest BCUT2D eigenvalue weighted by Gasteiger charge is 2.44. The molecular formula is C12H36N2O3Si4. The van der Waals surface area contributed by atoms with Gasteiger partial charge >= 0.3 is 17.1 Å². The van der Waals surface area contributed by atoms with Gasteiger partial charge in [-0.3, -0.25) is 0 Å². The van der Waals surface area contributed by atoms with Gasteiger partial charge in [-0.2, -0.15) is 0 Å². The Morgan fingerprint density at radius 1 is 0.762 bits per heavy atom. The lowest BCUT2D eigenvalue weighted by Gasteiger charge is -2.41. The van der Waals surface area contributed by atoms with Gasteiger partial charge in [0.25, 0.3) is 0 Å². The molecule has 0 saturated heterocycles. The number of hydrogen-bond donors (Lipinski definition) is 2. The van der Waals surface area contributed by atoms with E-state index in [4.69, 9.17) is 18.1 Å². The largest absolute Gasteiger partial charge is 0.437 e. The first kappa shape index (κ1) is 21.7. The Morgan fingerprint density at radius 2 is 1.24 bits per heavy atom. The third-order valence-electron chi connectivity index (χ3n) is 2.30. The van der Waals surface area contributed by atoms with Crippen molar-refractivity contribution in [2.45, 2.75) is 58.9 Å². The molecule has 1 unspecified atom stereocenters. The van der Waals surface area contributed by atoms with Gasteiger partial charge in [-0.25, -0.2) is 0 Å². The predicted molar refractivity (Wildman–Crippen MR) is 101 cm³/mol. The number of nitrogens with two attached hydrogens (primary N) is 1. The minimum atomic E-state index is -2.30. The highest BCUT2D eigenvalue weighted by atomic mass is 28.5. The highest BCUT2D eigenvalue weighted by molar-refractivity contribution is 6.89. The van der Waals surface area contributed by atoms with Gasteiger partial charge in [0, 0.05) is 19.3 Å². The Hall–Kier alpha value is 0.668. The van der Waals surface area contributed by atoms with Crippen LogP contribution in [0.15, 0.2) is 0 Å². The van der Waals surface area contributed by atoms with Gasteiger partial charge in [0.15, 0.2) is 16.6 Å². The van der Waals surface area contributed by atoms with Crippen LogP contribution < -0.4 is 11.1 Å². The number of hydrogen-bond acceptors (Lipinski definition) is 5.